The van der Waals surface area contributed by atoms with Crippen LogP contribution in [0.4, 0.5) is 5.69 Å². The monoisotopic (exact) mass is 219 g/mol. The van der Waals surface area contributed by atoms with Gasteiger partial charge in [0.2, 0.25) is 0 Å². The Bertz CT molecular complexity index is 531. The van der Waals surface area contributed by atoms with Crippen molar-refractivity contribution < 1.29 is 0 Å². The van der Waals surface area contributed by atoms with E-state index in [9.17, 15) is 4.79 Å². The van der Waals surface area contributed by atoms with Crippen LogP contribution in [0.2, 0.25) is 0 Å². The molecule has 2 aromatic rings. The van der Waals surface area contributed by atoms with Crippen molar-refractivity contribution in [3.05, 3.63) is 34.9 Å². The van der Waals surface area contributed by atoms with Gasteiger partial charge >= 0.3 is 0 Å². The summed E-state index contributed by atoms with van der Waals surface area (Å²) in [4.78, 5) is 15.8. The molecule has 0 bridgehead atoms. The second-order valence-corrected chi connectivity index (χ2v) is 3.14. The molecule has 0 aliphatic carbocycles. The molecule has 1 aromatic heterocycles. The number of nitrogens with zero attached hydrogens (tertiary/aromatic N) is 2. The normalized spacial score (nSPS) is 9.50. The highest BCUT2D eigenvalue weighted by Crippen LogP contribution is 2.12. The van der Waals surface area contributed by atoms with E-state index in [-0.39, 0.29) is 5.56 Å². The Morgan fingerprint density at radius 1 is 1.31 bits per heavy atom. The van der Waals surface area contributed by atoms with Crippen LogP contribution in [0.3, 0.4) is 0 Å². The van der Waals surface area contributed by atoms with Crippen molar-refractivity contribution in [2.24, 2.45) is 7.05 Å². The van der Waals surface area contributed by atoms with Crippen LogP contribution in [0.25, 0.3) is 10.9 Å². The summed E-state index contributed by atoms with van der Waals surface area (Å²) in [5, 5.41) is 3.65. The summed E-state index contributed by atoms with van der Waals surface area (Å²) < 4.78 is 1.47. The van der Waals surface area contributed by atoms with E-state index >= 15 is 0 Å². The van der Waals surface area contributed by atoms with Crippen molar-refractivity contribution in [1.29, 1.82) is 0 Å². The van der Waals surface area contributed by atoms with Crippen LogP contribution in [0.1, 0.15) is 13.8 Å². The number of aromatic nitrogens is 2. The lowest BCUT2D eigenvalue weighted by Crippen LogP contribution is -2.16. The Hall–Kier alpha value is -1.84. The van der Waals surface area contributed by atoms with Crippen LogP contribution >= 0.6 is 0 Å². The molecule has 0 radical (unpaired) electrons. The smallest absolute Gasteiger partial charge is 0.260 e. The molecule has 0 unspecified atom stereocenters. The predicted octanol–water partition coefficient (Wildman–Crippen LogP) is 2.00. The summed E-state index contributed by atoms with van der Waals surface area (Å²) in [7, 11) is 3.53. The van der Waals surface area contributed by atoms with E-state index < -0.39 is 0 Å². The van der Waals surface area contributed by atoms with E-state index in [0.29, 0.717) is 5.39 Å². The maximum Gasteiger partial charge on any atom is 0.260 e. The van der Waals surface area contributed by atoms with Gasteiger partial charge in [0.1, 0.15) is 0 Å². The van der Waals surface area contributed by atoms with Crippen LogP contribution in [0.5, 0.6) is 0 Å². The molecule has 1 N–H and O–H groups in total. The van der Waals surface area contributed by atoms with Crippen LogP contribution in [0, 0.1) is 0 Å². The van der Waals surface area contributed by atoms with Crippen molar-refractivity contribution in [3.63, 3.8) is 0 Å². The number of anilines is 1. The molecule has 16 heavy (non-hydrogen) atoms. The fraction of sp³-hybridized carbons (Fsp3) is 0.333. The van der Waals surface area contributed by atoms with Crippen molar-refractivity contribution in [1.82, 2.24) is 9.55 Å². The lowest BCUT2D eigenvalue weighted by molar-refractivity contribution is 0.843. The first kappa shape index (κ1) is 12.2. The summed E-state index contributed by atoms with van der Waals surface area (Å²) in [6, 6.07) is 5.51. The van der Waals surface area contributed by atoms with Crippen LogP contribution in [0.15, 0.2) is 29.3 Å². The molecule has 0 amide bonds. The molecule has 0 atom stereocenters. The van der Waals surface area contributed by atoms with E-state index in [2.05, 4.69) is 10.3 Å². The minimum absolute atomic E-state index is 0.0161. The van der Waals surface area contributed by atoms with Crippen molar-refractivity contribution >= 4 is 16.6 Å². The van der Waals surface area contributed by atoms with E-state index in [4.69, 9.17) is 0 Å². The lowest BCUT2D eigenvalue weighted by atomic mass is 10.2. The molecular weight excluding hydrogens is 202 g/mol. The van der Waals surface area contributed by atoms with Crippen molar-refractivity contribution in [2.45, 2.75) is 13.8 Å². The molecule has 4 heteroatoms. The van der Waals surface area contributed by atoms with Gasteiger partial charge in [-0.05, 0) is 18.2 Å². The fourth-order valence-corrected chi connectivity index (χ4v) is 1.37. The van der Waals surface area contributed by atoms with Gasteiger partial charge in [-0.1, -0.05) is 13.8 Å². The van der Waals surface area contributed by atoms with Crippen molar-refractivity contribution in [3.8, 4) is 0 Å². The summed E-state index contributed by atoms with van der Waals surface area (Å²) in [5.74, 6) is 0. The largest absolute Gasteiger partial charge is 0.388 e. The first-order valence-corrected chi connectivity index (χ1v) is 5.35. The zero-order chi connectivity index (χ0) is 12.1. The molecule has 0 saturated heterocycles. The number of hydrogen-bond donors (Lipinski definition) is 1. The Kier molecular flexibility index (Phi) is 4.05. The standard InChI is InChI=1S/C10H11N3O.C2H6/c1-11-7-3-4-8-9(5-7)12-6-13(2)10(8)14;1-2/h3-6,11H,1-2H3;1-2H3. The molecule has 4 nitrogen and oxygen atoms in total. The average Bonchev–Trinajstić information content (AvgIpc) is 2.36. The summed E-state index contributed by atoms with van der Waals surface area (Å²) >= 11 is 0. The van der Waals surface area contributed by atoms with Gasteiger partial charge in [0, 0.05) is 19.8 Å². The number of aryl methyl sites for hydroxylation is 1. The molecule has 0 fully saturated rings. The minimum Gasteiger partial charge on any atom is -0.388 e. The summed E-state index contributed by atoms with van der Waals surface area (Å²) in [6.45, 7) is 4.00. The molecule has 1 aromatic carbocycles. The highest BCUT2D eigenvalue weighted by atomic mass is 16.1. The Morgan fingerprint density at radius 2 is 2.00 bits per heavy atom. The van der Waals surface area contributed by atoms with E-state index in [1.807, 2.05) is 33.0 Å². The number of hydrogen-bond acceptors (Lipinski definition) is 3. The zero-order valence-corrected chi connectivity index (χ0v) is 10.1. The first-order chi connectivity index (χ1) is 7.72. The first-order valence-electron chi connectivity index (χ1n) is 5.35. The Labute approximate surface area is 94.9 Å². The van der Waals surface area contributed by atoms with Crippen molar-refractivity contribution in [2.75, 3.05) is 12.4 Å². The van der Waals surface area contributed by atoms with Crippen LogP contribution in [-0.4, -0.2) is 16.6 Å². The number of fused-ring (bicyclic) bond motifs is 1. The molecule has 0 spiro atoms. The molecular formula is C12H17N3O. The highest BCUT2D eigenvalue weighted by Gasteiger charge is 2.01. The van der Waals surface area contributed by atoms with Crippen LogP contribution in [-0.2, 0) is 7.05 Å². The van der Waals surface area contributed by atoms with Gasteiger partial charge in [-0.3, -0.25) is 4.79 Å². The number of nitrogens with one attached hydrogen (secondary N) is 1. The molecule has 0 saturated carbocycles. The Morgan fingerprint density at radius 3 is 2.62 bits per heavy atom. The predicted molar refractivity (Wildman–Crippen MR) is 67.9 cm³/mol. The molecule has 86 valence electrons. The van der Waals surface area contributed by atoms with Crippen LogP contribution < -0.4 is 10.9 Å². The van der Waals surface area contributed by atoms with E-state index in [0.717, 1.165) is 11.2 Å². The maximum absolute atomic E-state index is 11.6. The minimum atomic E-state index is -0.0161. The second kappa shape index (κ2) is 5.30. The average molecular weight is 219 g/mol. The third-order valence-electron chi connectivity index (χ3n) is 2.21. The lowest BCUT2D eigenvalue weighted by Gasteiger charge is -2.02. The number of rotatable bonds is 1. The fourth-order valence-electron chi connectivity index (χ4n) is 1.37. The molecule has 2 rings (SSSR count). The summed E-state index contributed by atoms with van der Waals surface area (Å²) in [6.07, 6.45) is 1.53. The highest BCUT2D eigenvalue weighted by molar-refractivity contribution is 5.81. The van der Waals surface area contributed by atoms with Gasteiger partial charge in [-0.2, -0.15) is 0 Å². The quantitative estimate of drug-likeness (QED) is 0.798. The SMILES string of the molecule is CC.CNc1ccc2c(=O)n(C)cnc2c1. The van der Waals surface area contributed by atoms with Gasteiger partial charge in [-0.15, -0.1) is 0 Å². The van der Waals surface area contributed by atoms with E-state index in [1.54, 1.807) is 13.1 Å². The molecule has 0 aliphatic rings. The van der Waals surface area contributed by atoms with E-state index in [1.165, 1.54) is 10.9 Å². The van der Waals surface area contributed by atoms with Gasteiger partial charge in [0.25, 0.3) is 5.56 Å². The van der Waals surface area contributed by atoms with Gasteiger partial charge in [-0.25, -0.2) is 4.98 Å². The molecule has 1 heterocycles. The Balaban J connectivity index is 0.000000606. The molecule has 0 aliphatic heterocycles. The van der Waals surface area contributed by atoms with Gasteiger partial charge in [0.05, 0.1) is 17.2 Å². The summed E-state index contributed by atoms with van der Waals surface area (Å²) in [5.41, 5.74) is 1.66. The van der Waals surface area contributed by atoms with Gasteiger partial charge in [0.15, 0.2) is 0 Å². The third kappa shape index (κ3) is 2.21. The third-order valence-corrected chi connectivity index (χ3v) is 2.21. The maximum atomic E-state index is 11.6. The zero-order valence-electron chi connectivity index (χ0n) is 10.1. The number of benzene rings is 1. The topological polar surface area (TPSA) is 46.9 Å². The second-order valence-electron chi connectivity index (χ2n) is 3.14. The van der Waals surface area contributed by atoms with Gasteiger partial charge < -0.3 is 9.88 Å².